The predicted molar refractivity (Wildman–Crippen MR) is 112 cm³/mol. The van der Waals surface area contributed by atoms with Gasteiger partial charge < -0.3 is 9.84 Å². The maximum Gasteiger partial charge on any atom is 0.475 e. The molecule has 0 saturated heterocycles. The van der Waals surface area contributed by atoms with E-state index in [1.54, 1.807) is 24.3 Å². The van der Waals surface area contributed by atoms with E-state index in [0.29, 0.717) is 22.7 Å². The average Bonchev–Trinajstić information content (AvgIpc) is 3.22. The molecule has 0 fully saturated rings. The second kappa shape index (κ2) is 12.1. The number of thioether (sulfide) groups is 1. The third-order valence-electron chi connectivity index (χ3n) is 3.83. The van der Waals surface area contributed by atoms with E-state index in [0.717, 1.165) is 11.1 Å². The molecule has 0 saturated carbocycles. The molecule has 0 bridgehead atoms. The number of hydrogen-bond acceptors (Lipinski definition) is 8. The zero-order valence-electron chi connectivity index (χ0n) is 16.1. The van der Waals surface area contributed by atoms with Crippen molar-refractivity contribution >= 4 is 25.6 Å². The van der Waals surface area contributed by atoms with E-state index >= 15 is 0 Å². The molecule has 7 nitrogen and oxygen atoms in total. The van der Waals surface area contributed by atoms with Crippen LogP contribution in [0.4, 0.5) is 0 Å². The maximum absolute atomic E-state index is 12.6. The zero-order valence-corrected chi connectivity index (χ0v) is 17.8. The molecule has 29 heavy (non-hydrogen) atoms. The fourth-order valence-corrected chi connectivity index (χ4v) is 4.55. The summed E-state index contributed by atoms with van der Waals surface area (Å²) in [5.74, 6) is 0.255. The Morgan fingerprint density at radius 2 is 1.69 bits per heavy atom. The first-order valence-corrected chi connectivity index (χ1v) is 11.4. The molecule has 1 heterocycles. The summed E-state index contributed by atoms with van der Waals surface area (Å²) >= 11 is 1.37. The van der Waals surface area contributed by atoms with E-state index in [-0.39, 0.29) is 33.0 Å². The van der Waals surface area contributed by atoms with Gasteiger partial charge in [-0.2, -0.15) is 0 Å². The van der Waals surface area contributed by atoms with Crippen LogP contribution in [0.25, 0.3) is 0 Å². The summed E-state index contributed by atoms with van der Waals surface area (Å²) < 4.78 is 33.7. The number of aliphatic hydroxyl groups is 1. The standard InChI is InChI=1S/C20H25O7PS/c1-3-10-25-28(23,26-11-4-2)27-15-18-9-12-29-19(18)20(22)24-14-17-7-5-16(13-21)6-8-17/h3-8,21H,1-2,9-15H2. The van der Waals surface area contributed by atoms with Gasteiger partial charge in [-0.1, -0.05) is 36.4 Å². The van der Waals surface area contributed by atoms with Crippen LogP contribution >= 0.6 is 19.6 Å². The van der Waals surface area contributed by atoms with Crippen LogP contribution in [-0.4, -0.2) is 36.6 Å². The van der Waals surface area contributed by atoms with Gasteiger partial charge in [0.25, 0.3) is 0 Å². The number of phosphoric ester groups is 1. The summed E-state index contributed by atoms with van der Waals surface area (Å²) in [7, 11) is -3.79. The van der Waals surface area contributed by atoms with E-state index in [2.05, 4.69) is 13.2 Å². The lowest BCUT2D eigenvalue weighted by atomic mass is 10.1. The van der Waals surface area contributed by atoms with Gasteiger partial charge in [-0.25, -0.2) is 9.36 Å². The Morgan fingerprint density at radius 3 is 2.28 bits per heavy atom. The number of hydrogen-bond donors (Lipinski definition) is 1. The van der Waals surface area contributed by atoms with Crippen LogP contribution < -0.4 is 0 Å². The SMILES string of the molecule is C=CCOP(=O)(OCC=C)OCC1=C(C(=O)OCc2ccc(CO)cc2)SCC1. The van der Waals surface area contributed by atoms with E-state index in [9.17, 15) is 9.36 Å². The van der Waals surface area contributed by atoms with Crippen molar-refractivity contribution < 1.29 is 32.8 Å². The number of carbonyl (C=O) groups excluding carboxylic acids is 1. The fourth-order valence-electron chi connectivity index (χ4n) is 2.34. The van der Waals surface area contributed by atoms with Crippen molar-refractivity contribution in [3.05, 3.63) is 71.2 Å². The normalized spacial score (nSPS) is 14.1. The second-order valence-corrected chi connectivity index (χ2v) is 8.75. The number of phosphoric acid groups is 1. The summed E-state index contributed by atoms with van der Waals surface area (Å²) in [6.07, 6.45) is 3.49. The summed E-state index contributed by atoms with van der Waals surface area (Å²) in [5, 5.41) is 9.07. The average molecular weight is 440 g/mol. The Hall–Kier alpha value is -1.67. The summed E-state index contributed by atoms with van der Waals surface area (Å²) in [6, 6.07) is 7.14. The Kier molecular flexibility index (Phi) is 9.87. The molecule has 0 atom stereocenters. The molecule has 158 valence electrons. The lowest BCUT2D eigenvalue weighted by Gasteiger charge is -2.17. The Labute approximate surface area is 175 Å². The van der Waals surface area contributed by atoms with Crippen LogP contribution in [0.2, 0.25) is 0 Å². The summed E-state index contributed by atoms with van der Waals surface area (Å²) in [6.45, 7) is 7.05. The minimum Gasteiger partial charge on any atom is -0.457 e. The molecule has 0 amide bonds. The molecule has 1 aromatic carbocycles. The smallest absolute Gasteiger partial charge is 0.457 e. The number of rotatable bonds is 13. The van der Waals surface area contributed by atoms with Crippen molar-refractivity contribution in [3.63, 3.8) is 0 Å². The van der Waals surface area contributed by atoms with Crippen LogP contribution in [-0.2, 0) is 40.9 Å². The first-order chi connectivity index (χ1) is 14.0. The molecule has 9 heteroatoms. The highest BCUT2D eigenvalue weighted by Gasteiger charge is 2.29. The van der Waals surface area contributed by atoms with Crippen molar-refractivity contribution in [2.75, 3.05) is 25.6 Å². The number of esters is 1. The van der Waals surface area contributed by atoms with Gasteiger partial charge in [-0.05, 0) is 23.1 Å². The number of benzene rings is 1. The molecule has 2 rings (SSSR count). The molecule has 1 aliphatic rings. The van der Waals surface area contributed by atoms with Crippen molar-refractivity contribution in [2.24, 2.45) is 0 Å². The third-order valence-corrected chi connectivity index (χ3v) is 6.36. The van der Waals surface area contributed by atoms with Gasteiger partial charge >= 0.3 is 13.8 Å². The largest absolute Gasteiger partial charge is 0.475 e. The van der Waals surface area contributed by atoms with E-state index in [1.165, 1.54) is 23.9 Å². The summed E-state index contributed by atoms with van der Waals surface area (Å²) in [4.78, 5) is 12.9. The highest BCUT2D eigenvalue weighted by Crippen LogP contribution is 2.50. The van der Waals surface area contributed by atoms with Gasteiger partial charge in [-0.3, -0.25) is 13.6 Å². The number of carbonyl (C=O) groups is 1. The van der Waals surface area contributed by atoms with Crippen molar-refractivity contribution in [1.82, 2.24) is 0 Å². The molecule has 1 N–H and O–H groups in total. The zero-order chi connectivity index (χ0) is 21.1. The third kappa shape index (κ3) is 7.59. The van der Waals surface area contributed by atoms with Crippen LogP contribution in [0.1, 0.15) is 17.5 Å². The van der Waals surface area contributed by atoms with Gasteiger partial charge in [0, 0.05) is 5.75 Å². The highest BCUT2D eigenvalue weighted by molar-refractivity contribution is 8.04. The minimum absolute atomic E-state index is 0.00614. The van der Waals surface area contributed by atoms with Crippen LogP contribution in [0.5, 0.6) is 0 Å². The van der Waals surface area contributed by atoms with Gasteiger partial charge in [0.15, 0.2) is 0 Å². The molecule has 0 aliphatic carbocycles. The summed E-state index contributed by atoms with van der Waals surface area (Å²) in [5.41, 5.74) is 2.30. The van der Waals surface area contributed by atoms with Crippen LogP contribution in [0.15, 0.2) is 60.1 Å². The van der Waals surface area contributed by atoms with Crippen molar-refractivity contribution in [3.8, 4) is 0 Å². The van der Waals surface area contributed by atoms with E-state index < -0.39 is 13.8 Å². The molecule has 0 aromatic heterocycles. The Bertz CT molecular complexity index is 773. The molecular formula is C20H25O7PS. The molecule has 0 radical (unpaired) electrons. The lowest BCUT2D eigenvalue weighted by molar-refractivity contribution is -0.139. The van der Waals surface area contributed by atoms with Gasteiger partial charge in [-0.15, -0.1) is 24.9 Å². The Morgan fingerprint density at radius 1 is 1.07 bits per heavy atom. The quantitative estimate of drug-likeness (QED) is 0.278. The monoisotopic (exact) mass is 440 g/mol. The second-order valence-electron chi connectivity index (χ2n) is 5.97. The van der Waals surface area contributed by atoms with E-state index in [1.807, 2.05) is 0 Å². The minimum atomic E-state index is -3.79. The first kappa shape index (κ1) is 23.6. The van der Waals surface area contributed by atoms with Gasteiger partial charge in [0.2, 0.25) is 0 Å². The van der Waals surface area contributed by atoms with Crippen LogP contribution in [0, 0.1) is 0 Å². The van der Waals surface area contributed by atoms with E-state index in [4.69, 9.17) is 23.4 Å². The molecular weight excluding hydrogens is 415 g/mol. The molecule has 1 aliphatic heterocycles. The molecule has 0 unspecified atom stereocenters. The van der Waals surface area contributed by atoms with Crippen LogP contribution in [0.3, 0.4) is 0 Å². The predicted octanol–water partition coefficient (Wildman–Crippen LogP) is 4.14. The topological polar surface area (TPSA) is 91.3 Å². The molecule has 1 aromatic rings. The highest BCUT2D eigenvalue weighted by atomic mass is 32.2. The number of ether oxygens (including phenoxy) is 1. The molecule has 0 spiro atoms. The first-order valence-electron chi connectivity index (χ1n) is 8.97. The fraction of sp³-hybridized carbons (Fsp3) is 0.350. The van der Waals surface area contributed by atoms with Gasteiger partial charge in [0.05, 0.1) is 31.3 Å². The van der Waals surface area contributed by atoms with Crippen molar-refractivity contribution in [2.45, 2.75) is 19.6 Å². The number of aliphatic hydroxyl groups excluding tert-OH is 1. The maximum atomic E-state index is 12.6. The Balaban J connectivity index is 1.96. The lowest BCUT2D eigenvalue weighted by Crippen LogP contribution is -2.09. The van der Waals surface area contributed by atoms with Crippen molar-refractivity contribution in [1.29, 1.82) is 0 Å². The van der Waals surface area contributed by atoms with Gasteiger partial charge in [0.1, 0.15) is 6.61 Å².